The number of hydrogen-bond donors (Lipinski definition) is 2. The zero-order valence-corrected chi connectivity index (χ0v) is 15.9. The van der Waals surface area contributed by atoms with Crippen LogP contribution in [0.4, 0.5) is 11.4 Å². The number of aryl methyl sites for hydroxylation is 1. The van der Waals surface area contributed by atoms with E-state index in [0.29, 0.717) is 18.0 Å². The minimum atomic E-state index is -0.161. The number of ether oxygens (including phenoxy) is 1. The van der Waals surface area contributed by atoms with E-state index in [1.165, 1.54) is 11.8 Å². The van der Waals surface area contributed by atoms with Gasteiger partial charge in [0, 0.05) is 5.69 Å². The first-order valence-corrected chi connectivity index (χ1v) is 9.70. The van der Waals surface area contributed by atoms with Crippen molar-refractivity contribution in [2.45, 2.75) is 20.3 Å². The van der Waals surface area contributed by atoms with E-state index in [1.54, 1.807) is 6.07 Å². The molecule has 0 aliphatic rings. The third kappa shape index (κ3) is 6.80. The lowest BCUT2D eigenvalue weighted by atomic mass is 10.2. The lowest BCUT2D eigenvalue weighted by molar-refractivity contribution is -0.114. The van der Waals surface area contributed by atoms with E-state index in [4.69, 9.17) is 4.74 Å². The molecule has 26 heavy (non-hydrogen) atoms. The number of benzene rings is 2. The summed E-state index contributed by atoms with van der Waals surface area (Å²) in [6.07, 6.45) is 0.897. The Morgan fingerprint density at radius 2 is 1.62 bits per heavy atom. The van der Waals surface area contributed by atoms with Crippen molar-refractivity contribution in [2.75, 3.05) is 28.7 Å². The van der Waals surface area contributed by atoms with Crippen molar-refractivity contribution in [3.05, 3.63) is 54.1 Å². The van der Waals surface area contributed by atoms with E-state index >= 15 is 0 Å². The van der Waals surface area contributed by atoms with Gasteiger partial charge in [0.25, 0.3) is 0 Å². The van der Waals surface area contributed by atoms with Crippen molar-refractivity contribution in [1.82, 2.24) is 0 Å². The molecule has 2 N–H and O–H groups in total. The molecular weight excluding hydrogens is 348 g/mol. The molecule has 0 unspecified atom stereocenters. The summed E-state index contributed by atoms with van der Waals surface area (Å²) in [5.41, 5.74) is 2.54. The second-order valence-corrected chi connectivity index (χ2v) is 6.79. The van der Waals surface area contributed by atoms with Crippen LogP contribution < -0.4 is 15.4 Å². The molecule has 0 spiro atoms. The Bertz CT molecular complexity index is 732. The van der Waals surface area contributed by atoms with Crippen LogP contribution in [0, 0.1) is 6.92 Å². The number of thioether (sulfide) groups is 1. The molecule has 0 bridgehead atoms. The molecule has 2 aromatic carbocycles. The van der Waals surface area contributed by atoms with Gasteiger partial charge in [0.1, 0.15) is 5.75 Å². The van der Waals surface area contributed by atoms with Gasteiger partial charge in [0.05, 0.1) is 23.8 Å². The first-order chi connectivity index (χ1) is 12.6. The summed E-state index contributed by atoms with van der Waals surface area (Å²) in [5, 5.41) is 5.65. The summed E-state index contributed by atoms with van der Waals surface area (Å²) in [7, 11) is 0. The highest BCUT2D eigenvalue weighted by molar-refractivity contribution is 8.00. The molecule has 0 aromatic heterocycles. The number of para-hydroxylation sites is 2. The standard InChI is InChI=1S/C20H24N2O3S/c1-3-12-25-18-7-5-4-6-17(18)22-20(24)14-26-13-19(23)21-16-10-8-15(2)9-11-16/h4-11H,3,12-14H2,1-2H3,(H,21,23)(H,22,24). The van der Waals surface area contributed by atoms with Crippen LogP contribution in [0.25, 0.3) is 0 Å². The molecule has 0 aliphatic carbocycles. The van der Waals surface area contributed by atoms with Gasteiger partial charge in [-0.05, 0) is 37.6 Å². The number of amides is 2. The Hall–Kier alpha value is -2.47. The van der Waals surface area contributed by atoms with Crippen molar-refractivity contribution >= 4 is 35.0 Å². The number of carbonyl (C=O) groups is 2. The van der Waals surface area contributed by atoms with Gasteiger partial charge >= 0.3 is 0 Å². The Morgan fingerprint density at radius 3 is 2.31 bits per heavy atom. The van der Waals surface area contributed by atoms with Crippen molar-refractivity contribution in [2.24, 2.45) is 0 Å². The molecule has 6 heteroatoms. The largest absolute Gasteiger partial charge is 0.491 e. The van der Waals surface area contributed by atoms with Crippen molar-refractivity contribution in [3.63, 3.8) is 0 Å². The molecule has 5 nitrogen and oxygen atoms in total. The lowest BCUT2D eigenvalue weighted by Crippen LogP contribution is -2.18. The maximum atomic E-state index is 12.1. The molecular formula is C20H24N2O3S. The number of rotatable bonds is 9. The van der Waals surface area contributed by atoms with Crippen LogP contribution in [-0.2, 0) is 9.59 Å². The van der Waals surface area contributed by atoms with E-state index in [0.717, 1.165) is 17.7 Å². The predicted octanol–water partition coefficient (Wildman–Crippen LogP) is 4.09. The molecule has 2 aromatic rings. The number of anilines is 2. The number of hydrogen-bond acceptors (Lipinski definition) is 4. The molecule has 2 amide bonds. The Kier molecular flexibility index (Phi) is 8.02. The van der Waals surface area contributed by atoms with Gasteiger partial charge in [-0.25, -0.2) is 0 Å². The molecule has 0 saturated heterocycles. The fraction of sp³-hybridized carbons (Fsp3) is 0.300. The van der Waals surface area contributed by atoms with Gasteiger partial charge in [0.2, 0.25) is 11.8 Å². The average Bonchev–Trinajstić information content (AvgIpc) is 2.63. The van der Waals surface area contributed by atoms with Crippen LogP contribution in [-0.4, -0.2) is 29.9 Å². The van der Waals surface area contributed by atoms with Crippen LogP contribution in [0.5, 0.6) is 5.75 Å². The van der Waals surface area contributed by atoms with Gasteiger partial charge in [0.15, 0.2) is 0 Å². The van der Waals surface area contributed by atoms with Gasteiger partial charge in [-0.3, -0.25) is 9.59 Å². The van der Waals surface area contributed by atoms with Gasteiger partial charge in [-0.2, -0.15) is 0 Å². The van der Waals surface area contributed by atoms with Crippen LogP contribution in [0.3, 0.4) is 0 Å². The van der Waals surface area contributed by atoms with E-state index in [-0.39, 0.29) is 23.3 Å². The summed E-state index contributed by atoms with van der Waals surface area (Å²) in [6.45, 7) is 4.62. The Morgan fingerprint density at radius 1 is 0.962 bits per heavy atom. The van der Waals surface area contributed by atoms with Gasteiger partial charge in [-0.1, -0.05) is 36.8 Å². The normalized spacial score (nSPS) is 10.2. The smallest absolute Gasteiger partial charge is 0.234 e. The van der Waals surface area contributed by atoms with Crippen LogP contribution in [0.15, 0.2) is 48.5 Å². The second kappa shape index (κ2) is 10.5. The average molecular weight is 372 g/mol. The highest BCUT2D eigenvalue weighted by Crippen LogP contribution is 2.24. The monoisotopic (exact) mass is 372 g/mol. The quantitative estimate of drug-likeness (QED) is 0.696. The molecule has 138 valence electrons. The maximum Gasteiger partial charge on any atom is 0.234 e. The minimum Gasteiger partial charge on any atom is -0.491 e. The zero-order valence-electron chi connectivity index (χ0n) is 15.1. The third-order valence-corrected chi connectivity index (χ3v) is 4.36. The molecule has 0 radical (unpaired) electrons. The first-order valence-electron chi connectivity index (χ1n) is 8.54. The van der Waals surface area contributed by atoms with E-state index < -0.39 is 0 Å². The highest BCUT2D eigenvalue weighted by atomic mass is 32.2. The van der Waals surface area contributed by atoms with Crippen LogP contribution in [0.2, 0.25) is 0 Å². The van der Waals surface area contributed by atoms with E-state index in [9.17, 15) is 9.59 Å². The topological polar surface area (TPSA) is 67.4 Å². The molecule has 0 aliphatic heterocycles. The van der Waals surface area contributed by atoms with Gasteiger partial charge < -0.3 is 15.4 Å². The van der Waals surface area contributed by atoms with Crippen LogP contribution in [0.1, 0.15) is 18.9 Å². The van der Waals surface area contributed by atoms with Crippen molar-refractivity contribution in [1.29, 1.82) is 0 Å². The van der Waals surface area contributed by atoms with Crippen LogP contribution >= 0.6 is 11.8 Å². The predicted molar refractivity (Wildman–Crippen MR) is 108 cm³/mol. The lowest BCUT2D eigenvalue weighted by Gasteiger charge is -2.11. The summed E-state index contributed by atoms with van der Waals surface area (Å²) < 4.78 is 5.62. The maximum absolute atomic E-state index is 12.1. The SMILES string of the molecule is CCCOc1ccccc1NC(=O)CSCC(=O)Nc1ccc(C)cc1. The fourth-order valence-corrected chi connectivity index (χ4v) is 2.78. The summed E-state index contributed by atoms with van der Waals surface area (Å²) in [6, 6.07) is 14.9. The van der Waals surface area contributed by atoms with Crippen molar-refractivity contribution < 1.29 is 14.3 Å². The molecule has 0 heterocycles. The van der Waals surface area contributed by atoms with E-state index in [1.807, 2.05) is 56.3 Å². The fourth-order valence-electron chi connectivity index (χ4n) is 2.16. The molecule has 0 fully saturated rings. The van der Waals surface area contributed by atoms with Gasteiger partial charge in [-0.15, -0.1) is 11.8 Å². The Balaban J connectivity index is 1.75. The molecule has 0 atom stereocenters. The minimum absolute atomic E-state index is 0.127. The second-order valence-electron chi connectivity index (χ2n) is 5.80. The molecule has 0 saturated carbocycles. The van der Waals surface area contributed by atoms with Crippen molar-refractivity contribution in [3.8, 4) is 5.75 Å². The summed E-state index contributed by atoms with van der Waals surface area (Å²) in [5.74, 6) is 0.785. The first kappa shape index (κ1) is 19.8. The number of nitrogens with one attached hydrogen (secondary N) is 2. The summed E-state index contributed by atoms with van der Waals surface area (Å²) in [4.78, 5) is 24.0. The number of carbonyl (C=O) groups excluding carboxylic acids is 2. The van der Waals surface area contributed by atoms with E-state index in [2.05, 4.69) is 10.6 Å². The summed E-state index contributed by atoms with van der Waals surface area (Å²) >= 11 is 1.27. The third-order valence-electron chi connectivity index (χ3n) is 3.42. The highest BCUT2D eigenvalue weighted by Gasteiger charge is 2.09. The zero-order chi connectivity index (χ0) is 18.8. The Labute approximate surface area is 158 Å². The molecule has 2 rings (SSSR count).